The lowest BCUT2D eigenvalue weighted by molar-refractivity contribution is -0.137. The summed E-state index contributed by atoms with van der Waals surface area (Å²) in [6, 6.07) is 0. The van der Waals surface area contributed by atoms with Gasteiger partial charge in [-0.15, -0.1) is 0 Å². The van der Waals surface area contributed by atoms with Crippen LogP contribution in [0.2, 0.25) is 0 Å². The molecule has 92 valence electrons. The van der Waals surface area contributed by atoms with Gasteiger partial charge in [0.1, 0.15) is 9.84 Å². The first-order valence-electron chi connectivity index (χ1n) is 3.78. The van der Waals surface area contributed by atoms with Gasteiger partial charge in [0.15, 0.2) is 5.05 Å². The summed E-state index contributed by atoms with van der Waals surface area (Å²) in [6.07, 6.45) is 2.32. The molecule has 0 bridgehead atoms. The van der Waals surface area contributed by atoms with Crippen LogP contribution < -0.4 is 0 Å². The maximum atomic E-state index is 9.63. The minimum atomic E-state index is -2.67. The molecular weight excluding hydrogens is 240 g/mol. The lowest BCUT2D eigenvalue weighted by Crippen LogP contribution is -1.88. The van der Waals surface area contributed by atoms with E-state index < -0.39 is 9.84 Å². The first-order valence-corrected chi connectivity index (χ1v) is 6.49. The van der Waals surface area contributed by atoms with E-state index in [0.717, 1.165) is 12.5 Å². The van der Waals surface area contributed by atoms with Gasteiger partial charge in [-0.1, -0.05) is 0 Å². The highest BCUT2D eigenvalue weighted by atomic mass is 32.2. The Kier molecular flexibility index (Phi) is 15.0. The number of thiocarbonyl (C=S) groups is 1. The van der Waals surface area contributed by atoms with Crippen LogP contribution in [0.1, 0.15) is 13.8 Å². The molecule has 15 heavy (non-hydrogen) atoms. The van der Waals surface area contributed by atoms with Crippen molar-refractivity contribution in [3.8, 4) is 0 Å². The first kappa shape index (κ1) is 19.8. The predicted octanol–water partition coefficient (Wildman–Crippen LogP) is 0.820. The molecule has 7 heteroatoms. The van der Waals surface area contributed by atoms with Gasteiger partial charge in [0.2, 0.25) is 0 Å². The molecule has 0 amide bonds. The number of methoxy groups -OCH3 is 2. The van der Waals surface area contributed by atoms with E-state index in [1.54, 1.807) is 14.0 Å². The molecule has 0 saturated carbocycles. The van der Waals surface area contributed by atoms with Gasteiger partial charge < -0.3 is 9.47 Å². The lowest BCUT2D eigenvalue weighted by atomic mass is 10.8. The molecule has 0 aromatic heterocycles. The SMILES string of the molecule is COC(C)=O.COC(C)=S.CS(C)(=O)=O. The van der Waals surface area contributed by atoms with Gasteiger partial charge in [0.05, 0.1) is 14.2 Å². The van der Waals surface area contributed by atoms with Gasteiger partial charge in [0.25, 0.3) is 0 Å². The summed E-state index contributed by atoms with van der Waals surface area (Å²) in [6.45, 7) is 3.09. The third-order valence-corrected chi connectivity index (χ3v) is 0.742. The highest BCUT2D eigenvalue weighted by Gasteiger charge is 1.79. The number of carbonyl (C=O) groups excluding carboxylic acids is 1. The van der Waals surface area contributed by atoms with Gasteiger partial charge in [-0.3, -0.25) is 4.79 Å². The number of esters is 1. The molecule has 0 N–H and O–H groups in total. The number of hydrogen-bond donors (Lipinski definition) is 0. The molecule has 0 saturated heterocycles. The molecule has 0 spiro atoms. The molecule has 0 fully saturated rings. The van der Waals surface area contributed by atoms with Crippen molar-refractivity contribution in [3.63, 3.8) is 0 Å². The van der Waals surface area contributed by atoms with Crippen LogP contribution in [0.25, 0.3) is 0 Å². The fourth-order valence-electron chi connectivity index (χ4n) is 0. The molecule has 0 heterocycles. The Bertz CT molecular complexity index is 247. The topological polar surface area (TPSA) is 69.7 Å². The quantitative estimate of drug-likeness (QED) is 0.473. The van der Waals surface area contributed by atoms with Crippen LogP contribution in [-0.4, -0.2) is 46.2 Å². The van der Waals surface area contributed by atoms with Crippen molar-refractivity contribution < 1.29 is 22.7 Å². The minimum Gasteiger partial charge on any atom is -0.491 e. The second-order valence-corrected chi connectivity index (χ2v) is 5.40. The largest absolute Gasteiger partial charge is 0.491 e. The van der Waals surface area contributed by atoms with Crippen molar-refractivity contribution >= 4 is 33.1 Å². The van der Waals surface area contributed by atoms with E-state index in [9.17, 15) is 13.2 Å². The second kappa shape index (κ2) is 11.4. The van der Waals surface area contributed by atoms with Crippen LogP contribution >= 0.6 is 12.2 Å². The fraction of sp³-hybridized carbons (Fsp3) is 0.750. The van der Waals surface area contributed by atoms with Crippen LogP contribution in [0.5, 0.6) is 0 Å². The molecule has 0 aliphatic rings. The van der Waals surface area contributed by atoms with Crippen LogP contribution in [0.15, 0.2) is 0 Å². The van der Waals surface area contributed by atoms with Crippen LogP contribution in [0, 0.1) is 0 Å². The maximum Gasteiger partial charge on any atom is 0.302 e. The monoisotopic (exact) mass is 258 g/mol. The Morgan fingerprint density at radius 2 is 1.20 bits per heavy atom. The maximum absolute atomic E-state index is 9.63. The second-order valence-electron chi connectivity index (χ2n) is 2.53. The average Bonchev–Trinajstić information content (AvgIpc) is 2.02. The zero-order chi connectivity index (χ0) is 13.1. The zero-order valence-electron chi connectivity index (χ0n) is 9.86. The number of sulfone groups is 1. The smallest absolute Gasteiger partial charge is 0.302 e. The predicted molar refractivity (Wildman–Crippen MR) is 63.7 cm³/mol. The molecule has 0 aromatic rings. The third kappa shape index (κ3) is 155. The molecule has 0 radical (unpaired) electrons. The van der Waals surface area contributed by atoms with Gasteiger partial charge in [-0.2, -0.15) is 0 Å². The molecule has 0 aliphatic carbocycles. The van der Waals surface area contributed by atoms with Gasteiger partial charge in [0, 0.05) is 26.4 Å². The Morgan fingerprint density at radius 3 is 1.20 bits per heavy atom. The summed E-state index contributed by atoms with van der Waals surface area (Å²) in [4.78, 5) is 9.59. The summed E-state index contributed by atoms with van der Waals surface area (Å²) in [5.41, 5.74) is 0. The molecule has 0 atom stereocenters. The Labute approximate surface area is 96.7 Å². The average molecular weight is 258 g/mol. The lowest BCUT2D eigenvalue weighted by Gasteiger charge is -1.85. The standard InChI is InChI=1S/C3H6O2.C3H6OS.C2H6O2S/c1-3(4)5-2;1-3(5)4-2;1-5(2,3)4/h3*1-2H3. The summed E-state index contributed by atoms with van der Waals surface area (Å²) in [5, 5.41) is 0.588. The van der Waals surface area contributed by atoms with Crippen LogP contribution in [0.3, 0.4) is 0 Å². The normalized spacial score (nSPS) is 8.40. The highest BCUT2D eigenvalue weighted by molar-refractivity contribution is 7.89. The van der Waals surface area contributed by atoms with Gasteiger partial charge in [-0.05, 0) is 12.2 Å². The highest BCUT2D eigenvalue weighted by Crippen LogP contribution is 1.68. The van der Waals surface area contributed by atoms with E-state index in [1.165, 1.54) is 14.0 Å². The summed E-state index contributed by atoms with van der Waals surface area (Å²) in [7, 11) is 0.241. The molecule has 0 rings (SSSR count). The zero-order valence-corrected chi connectivity index (χ0v) is 11.5. The number of rotatable bonds is 0. The summed E-state index contributed by atoms with van der Waals surface area (Å²) in [5.74, 6) is -0.245. The number of ether oxygens (including phenoxy) is 2. The van der Waals surface area contributed by atoms with Crippen molar-refractivity contribution in [1.82, 2.24) is 0 Å². The van der Waals surface area contributed by atoms with E-state index in [0.29, 0.717) is 5.05 Å². The molecule has 0 aromatic carbocycles. The number of hydrogen-bond acceptors (Lipinski definition) is 6. The third-order valence-electron chi connectivity index (χ3n) is 0.575. The first-order chi connectivity index (χ1) is 6.54. The van der Waals surface area contributed by atoms with E-state index in [4.69, 9.17) is 0 Å². The summed E-state index contributed by atoms with van der Waals surface area (Å²) >= 11 is 4.47. The molecule has 0 unspecified atom stereocenters. The van der Waals surface area contributed by atoms with Crippen molar-refractivity contribution in [2.24, 2.45) is 0 Å². The molecular formula is C8H18O5S2. The van der Waals surface area contributed by atoms with Gasteiger partial charge >= 0.3 is 5.97 Å². The van der Waals surface area contributed by atoms with Crippen LogP contribution in [0.4, 0.5) is 0 Å². The molecule has 0 aliphatic heterocycles. The Balaban J connectivity index is -0.000000144. The number of carbonyl (C=O) groups is 1. The van der Waals surface area contributed by atoms with Gasteiger partial charge in [-0.25, -0.2) is 8.42 Å². The minimum absolute atomic E-state index is 0.245. The van der Waals surface area contributed by atoms with E-state index in [-0.39, 0.29) is 5.97 Å². The van der Waals surface area contributed by atoms with Crippen molar-refractivity contribution in [2.45, 2.75) is 13.8 Å². The van der Waals surface area contributed by atoms with E-state index in [2.05, 4.69) is 21.7 Å². The van der Waals surface area contributed by atoms with Crippen LogP contribution in [-0.2, 0) is 24.1 Å². The fourth-order valence-corrected chi connectivity index (χ4v) is 0. The van der Waals surface area contributed by atoms with E-state index >= 15 is 0 Å². The Morgan fingerprint density at radius 1 is 1.07 bits per heavy atom. The van der Waals surface area contributed by atoms with Crippen molar-refractivity contribution in [2.75, 3.05) is 26.7 Å². The summed E-state index contributed by atoms with van der Waals surface area (Å²) < 4.78 is 27.9. The van der Waals surface area contributed by atoms with Crippen molar-refractivity contribution in [1.29, 1.82) is 0 Å². The van der Waals surface area contributed by atoms with Crippen molar-refractivity contribution in [3.05, 3.63) is 0 Å². The van der Waals surface area contributed by atoms with E-state index in [1.807, 2.05) is 0 Å². The Hall–Kier alpha value is -0.690. The molecule has 5 nitrogen and oxygen atoms in total.